The number of carbonyl (C=O) groups is 1. The van der Waals surface area contributed by atoms with Gasteiger partial charge in [0, 0.05) is 37.8 Å². The first-order valence-corrected chi connectivity index (χ1v) is 7.58. The van der Waals surface area contributed by atoms with Crippen molar-refractivity contribution in [2.24, 2.45) is 5.10 Å². The molecule has 2 aliphatic heterocycles. The third-order valence-electron chi connectivity index (χ3n) is 4.26. The van der Waals surface area contributed by atoms with E-state index in [0.29, 0.717) is 0 Å². The molecule has 5 nitrogen and oxygen atoms in total. The van der Waals surface area contributed by atoms with Gasteiger partial charge in [-0.15, -0.1) is 0 Å². The van der Waals surface area contributed by atoms with Crippen LogP contribution >= 0.6 is 0 Å². The molecule has 1 N–H and O–H groups in total. The summed E-state index contributed by atoms with van der Waals surface area (Å²) < 4.78 is 0. The van der Waals surface area contributed by atoms with Crippen molar-refractivity contribution in [2.75, 3.05) is 13.1 Å². The minimum absolute atomic E-state index is 0.0131. The fourth-order valence-corrected chi connectivity index (χ4v) is 3.18. The van der Waals surface area contributed by atoms with Crippen molar-refractivity contribution in [3.05, 3.63) is 35.9 Å². The van der Waals surface area contributed by atoms with E-state index in [-0.39, 0.29) is 24.2 Å². The van der Waals surface area contributed by atoms with E-state index in [4.69, 9.17) is 0 Å². The second-order valence-electron chi connectivity index (χ2n) is 5.85. The van der Waals surface area contributed by atoms with Crippen LogP contribution in [0.4, 0.5) is 4.79 Å². The van der Waals surface area contributed by atoms with Crippen LogP contribution in [0.2, 0.25) is 0 Å². The molecule has 1 saturated heterocycles. The smallest absolute Gasteiger partial charge is 0.315 e. The van der Waals surface area contributed by atoms with E-state index in [1.54, 1.807) is 5.01 Å². The topological polar surface area (TPSA) is 47.9 Å². The number of nitrogens with zero attached hydrogens (tertiary/aromatic N) is 3. The molecule has 3 rings (SSSR count). The van der Waals surface area contributed by atoms with Crippen molar-refractivity contribution in [3.8, 4) is 0 Å². The number of carbonyl (C=O) groups excluding carboxylic acids is 1. The summed E-state index contributed by atoms with van der Waals surface area (Å²) in [5.41, 5.74) is 1.14. The maximum absolute atomic E-state index is 12.9. The molecule has 2 amide bonds. The molecule has 0 spiro atoms. The zero-order valence-corrected chi connectivity index (χ0v) is 12.6. The van der Waals surface area contributed by atoms with Crippen LogP contribution in [0, 0.1) is 0 Å². The SMILES string of the molecule is C[C@@H]1CNC[C@H](C)N1C(=O)N1N=CCC1c1ccccc1. The number of urea groups is 1. The Bertz CT molecular complexity index is 520. The second kappa shape index (κ2) is 5.85. The Morgan fingerprint density at radius 3 is 2.52 bits per heavy atom. The van der Waals surface area contributed by atoms with Crippen molar-refractivity contribution < 1.29 is 4.79 Å². The Kier molecular flexibility index (Phi) is 3.92. The van der Waals surface area contributed by atoms with Crippen molar-refractivity contribution in [3.63, 3.8) is 0 Å². The highest BCUT2D eigenvalue weighted by atomic mass is 16.2. The number of nitrogens with one attached hydrogen (secondary N) is 1. The van der Waals surface area contributed by atoms with Crippen molar-refractivity contribution in [2.45, 2.75) is 38.4 Å². The summed E-state index contributed by atoms with van der Waals surface area (Å²) in [5.74, 6) is 0. The van der Waals surface area contributed by atoms with Gasteiger partial charge in [-0.2, -0.15) is 5.10 Å². The second-order valence-corrected chi connectivity index (χ2v) is 5.85. The molecule has 1 aromatic rings. The number of hydrogen-bond acceptors (Lipinski definition) is 3. The normalized spacial score (nSPS) is 29.0. The molecular weight excluding hydrogens is 264 g/mol. The molecule has 3 atom stereocenters. The number of hydrogen-bond donors (Lipinski definition) is 1. The van der Waals surface area contributed by atoms with Crippen molar-refractivity contribution >= 4 is 12.2 Å². The van der Waals surface area contributed by atoms with Gasteiger partial charge in [0.05, 0.1) is 6.04 Å². The summed E-state index contributed by atoms with van der Waals surface area (Å²) in [4.78, 5) is 14.9. The fourth-order valence-electron chi connectivity index (χ4n) is 3.18. The van der Waals surface area contributed by atoms with Crippen molar-refractivity contribution in [1.82, 2.24) is 15.2 Å². The van der Waals surface area contributed by atoms with Gasteiger partial charge >= 0.3 is 6.03 Å². The molecular formula is C16H22N4O. The van der Waals surface area contributed by atoms with Gasteiger partial charge < -0.3 is 10.2 Å². The third kappa shape index (κ3) is 2.65. The lowest BCUT2D eigenvalue weighted by Gasteiger charge is -2.41. The number of piperazine rings is 1. The van der Waals surface area contributed by atoms with E-state index in [1.165, 1.54) is 0 Å². The van der Waals surface area contributed by atoms with E-state index in [1.807, 2.05) is 29.3 Å². The van der Waals surface area contributed by atoms with E-state index < -0.39 is 0 Å². The lowest BCUT2D eigenvalue weighted by molar-refractivity contribution is 0.0921. The summed E-state index contributed by atoms with van der Waals surface area (Å²) in [6.45, 7) is 5.84. The van der Waals surface area contributed by atoms with Crippen LogP contribution in [0.3, 0.4) is 0 Å². The largest absolute Gasteiger partial charge is 0.341 e. The highest BCUT2D eigenvalue weighted by molar-refractivity contribution is 5.79. The number of amides is 2. The minimum Gasteiger partial charge on any atom is -0.315 e. The molecule has 1 unspecified atom stereocenters. The molecule has 0 radical (unpaired) electrons. The molecule has 5 heteroatoms. The molecule has 0 bridgehead atoms. The van der Waals surface area contributed by atoms with Gasteiger partial charge in [-0.1, -0.05) is 30.3 Å². The average molecular weight is 286 g/mol. The molecule has 2 heterocycles. The van der Waals surface area contributed by atoms with Gasteiger partial charge in [0.15, 0.2) is 0 Å². The first-order valence-electron chi connectivity index (χ1n) is 7.58. The van der Waals surface area contributed by atoms with Crippen LogP contribution in [0.25, 0.3) is 0 Å². The number of hydrazone groups is 1. The van der Waals surface area contributed by atoms with Gasteiger partial charge in [-0.25, -0.2) is 9.80 Å². The monoisotopic (exact) mass is 286 g/mol. The standard InChI is InChI=1S/C16H22N4O/c1-12-10-17-11-13(2)19(12)16(21)20-15(8-9-18-20)14-6-4-3-5-7-14/h3-7,9,12-13,15,17H,8,10-11H2,1-2H3/t12-,13+,15?. The van der Waals surface area contributed by atoms with Crippen molar-refractivity contribution in [1.29, 1.82) is 0 Å². The predicted molar refractivity (Wildman–Crippen MR) is 83.2 cm³/mol. The van der Waals surface area contributed by atoms with E-state index in [9.17, 15) is 4.79 Å². The molecule has 1 fully saturated rings. The Morgan fingerprint density at radius 2 is 1.86 bits per heavy atom. The third-order valence-corrected chi connectivity index (χ3v) is 4.26. The lowest BCUT2D eigenvalue weighted by Crippen LogP contribution is -2.59. The Balaban J connectivity index is 1.81. The molecule has 0 saturated carbocycles. The van der Waals surface area contributed by atoms with Crippen LogP contribution in [-0.2, 0) is 0 Å². The number of benzene rings is 1. The van der Waals surface area contributed by atoms with E-state index >= 15 is 0 Å². The Morgan fingerprint density at radius 1 is 1.19 bits per heavy atom. The van der Waals surface area contributed by atoms with Crippen LogP contribution in [0.15, 0.2) is 35.4 Å². The molecule has 0 aliphatic carbocycles. The quantitative estimate of drug-likeness (QED) is 0.860. The molecule has 1 aromatic carbocycles. The maximum atomic E-state index is 12.9. The Labute approximate surface area is 125 Å². The van der Waals surface area contributed by atoms with E-state index in [2.05, 4.69) is 36.4 Å². The van der Waals surface area contributed by atoms with Crippen LogP contribution < -0.4 is 5.32 Å². The van der Waals surface area contributed by atoms with E-state index in [0.717, 1.165) is 25.1 Å². The highest BCUT2D eigenvalue weighted by Gasteiger charge is 2.36. The summed E-state index contributed by atoms with van der Waals surface area (Å²) in [5, 5.41) is 9.33. The van der Waals surface area contributed by atoms with Gasteiger partial charge in [0.2, 0.25) is 0 Å². The van der Waals surface area contributed by atoms with Gasteiger partial charge in [0.25, 0.3) is 0 Å². The van der Waals surface area contributed by atoms with Crippen LogP contribution in [-0.4, -0.2) is 47.3 Å². The summed E-state index contributed by atoms with van der Waals surface area (Å²) in [7, 11) is 0. The van der Waals surface area contributed by atoms with Gasteiger partial charge in [-0.05, 0) is 19.4 Å². The summed E-state index contributed by atoms with van der Waals surface area (Å²) in [6, 6.07) is 10.5. The number of rotatable bonds is 1. The zero-order chi connectivity index (χ0) is 14.8. The minimum atomic E-state index is 0.0131. The molecule has 21 heavy (non-hydrogen) atoms. The van der Waals surface area contributed by atoms with Crippen LogP contribution in [0.5, 0.6) is 0 Å². The molecule has 112 valence electrons. The fraction of sp³-hybridized carbons (Fsp3) is 0.500. The maximum Gasteiger partial charge on any atom is 0.341 e. The molecule has 0 aromatic heterocycles. The highest BCUT2D eigenvalue weighted by Crippen LogP contribution is 2.30. The average Bonchev–Trinajstić information content (AvgIpc) is 2.97. The zero-order valence-electron chi connectivity index (χ0n) is 12.6. The predicted octanol–water partition coefficient (Wildman–Crippen LogP) is 2.22. The van der Waals surface area contributed by atoms with Gasteiger partial charge in [0.1, 0.15) is 0 Å². The van der Waals surface area contributed by atoms with Gasteiger partial charge in [-0.3, -0.25) is 0 Å². The first kappa shape index (κ1) is 14.1. The Hall–Kier alpha value is -1.88. The summed E-state index contributed by atoms with van der Waals surface area (Å²) in [6.07, 6.45) is 2.62. The lowest BCUT2D eigenvalue weighted by atomic mass is 10.0. The first-order chi connectivity index (χ1) is 10.2. The molecule has 2 aliphatic rings. The summed E-state index contributed by atoms with van der Waals surface area (Å²) >= 11 is 0. The van der Waals surface area contributed by atoms with Crippen LogP contribution in [0.1, 0.15) is 31.9 Å².